The number of aromatic nitrogens is 1. The van der Waals surface area contributed by atoms with Gasteiger partial charge in [-0.15, -0.1) is 24.0 Å². The van der Waals surface area contributed by atoms with E-state index >= 15 is 0 Å². The van der Waals surface area contributed by atoms with Crippen molar-refractivity contribution in [2.75, 3.05) is 40.0 Å². The first-order valence-corrected chi connectivity index (χ1v) is 9.09. The number of guanidine groups is 1. The van der Waals surface area contributed by atoms with Crippen molar-refractivity contribution in [3.05, 3.63) is 23.9 Å². The number of hydrogen-bond donors (Lipinski definition) is 1. The summed E-state index contributed by atoms with van der Waals surface area (Å²) in [6, 6.07) is 3.07. The lowest BCUT2D eigenvalue weighted by Gasteiger charge is -2.22. The van der Waals surface area contributed by atoms with Gasteiger partial charge in [0.15, 0.2) is 12.6 Å². The molecule has 0 spiro atoms. The lowest BCUT2D eigenvalue weighted by atomic mass is 10.3. The van der Waals surface area contributed by atoms with Crippen molar-refractivity contribution in [1.29, 1.82) is 0 Å². The fraction of sp³-hybridized carbons (Fsp3) is 0.667. The summed E-state index contributed by atoms with van der Waals surface area (Å²) in [5.41, 5.74) is 0.781. The van der Waals surface area contributed by atoms with Gasteiger partial charge in [-0.05, 0) is 31.2 Å². The van der Waals surface area contributed by atoms with Gasteiger partial charge in [0.25, 0.3) is 0 Å². The van der Waals surface area contributed by atoms with E-state index in [4.69, 9.17) is 4.74 Å². The van der Waals surface area contributed by atoms with Crippen molar-refractivity contribution < 1.29 is 22.6 Å². The van der Waals surface area contributed by atoms with Gasteiger partial charge in [-0.3, -0.25) is 0 Å². The van der Waals surface area contributed by atoms with Crippen LogP contribution in [0.3, 0.4) is 0 Å². The Kier molecular flexibility index (Phi) is 10.9. The molecule has 1 aromatic heterocycles. The zero-order valence-corrected chi connectivity index (χ0v) is 18.5. The predicted molar refractivity (Wildman–Crippen MR) is 112 cm³/mol. The van der Waals surface area contributed by atoms with Crippen LogP contribution < -0.4 is 10.1 Å². The molecule has 1 saturated carbocycles. The first-order chi connectivity index (χ1) is 12.9. The number of pyridine rings is 1. The number of nitrogens with one attached hydrogen (secondary N) is 1. The van der Waals surface area contributed by atoms with Gasteiger partial charge in [0.2, 0.25) is 5.88 Å². The van der Waals surface area contributed by atoms with Crippen LogP contribution in [0.1, 0.15) is 25.3 Å². The molecule has 1 heterocycles. The highest BCUT2D eigenvalue weighted by Crippen LogP contribution is 2.28. The highest BCUT2D eigenvalue weighted by molar-refractivity contribution is 14.0. The summed E-state index contributed by atoms with van der Waals surface area (Å²) >= 11 is 0. The number of likely N-dealkylation sites (N-methyl/N-ethyl adjacent to an activating group) is 1. The monoisotopic (exact) mass is 516 g/mol. The predicted octanol–water partition coefficient (Wildman–Crippen LogP) is 3.46. The van der Waals surface area contributed by atoms with Crippen molar-refractivity contribution in [3.63, 3.8) is 0 Å². The molecule has 0 aliphatic heterocycles. The van der Waals surface area contributed by atoms with Crippen LogP contribution in [0.15, 0.2) is 23.3 Å². The summed E-state index contributed by atoms with van der Waals surface area (Å²) in [5, 5.41) is 3.21. The average Bonchev–Trinajstić information content (AvgIpc) is 3.45. The van der Waals surface area contributed by atoms with E-state index in [1.54, 1.807) is 6.07 Å². The van der Waals surface area contributed by atoms with Gasteiger partial charge in [0.1, 0.15) is 0 Å². The molecule has 0 atom stereocenters. The molecule has 10 heteroatoms. The number of aliphatic imine (C=N–C) groups is 1. The van der Waals surface area contributed by atoms with Gasteiger partial charge in [0.05, 0.1) is 13.2 Å². The first kappa shape index (κ1) is 24.7. The molecular weight excluding hydrogens is 488 g/mol. The number of hydrogen-bond acceptors (Lipinski definition) is 4. The minimum Gasteiger partial charge on any atom is -0.468 e. The minimum absolute atomic E-state index is 0. The molecule has 0 saturated heterocycles. The molecule has 0 aromatic carbocycles. The Morgan fingerprint density at radius 1 is 1.36 bits per heavy atom. The third-order valence-electron chi connectivity index (χ3n) is 3.91. The van der Waals surface area contributed by atoms with Gasteiger partial charge in [-0.25, -0.2) is 9.98 Å². The van der Waals surface area contributed by atoms with E-state index in [0.717, 1.165) is 37.1 Å². The molecular formula is C18H28F3IN4O2. The number of nitrogens with zero attached hydrogens (tertiary/aromatic N) is 3. The second-order valence-electron chi connectivity index (χ2n) is 6.52. The van der Waals surface area contributed by atoms with E-state index < -0.39 is 12.8 Å². The number of alkyl halides is 3. The molecule has 0 bridgehead atoms. The lowest BCUT2D eigenvalue weighted by molar-refractivity contribution is -0.154. The summed E-state index contributed by atoms with van der Waals surface area (Å²) in [5.74, 6) is 1.43. The second-order valence-corrected chi connectivity index (χ2v) is 6.52. The fourth-order valence-corrected chi connectivity index (χ4v) is 2.22. The van der Waals surface area contributed by atoms with Gasteiger partial charge in [-0.1, -0.05) is 6.07 Å². The van der Waals surface area contributed by atoms with Crippen LogP contribution in [0, 0.1) is 5.92 Å². The van der Waals surface area contributed by atoms with Gasteiger partial charge >= 0.3 is 6.18 Å². The standard InChI is InChI=1S/C18H27F3N4O2.HI/c1-3-22-17(25(2)8-9-26-12-14-4-5-14)24-11-15-6-7-16(23-10-15)27-13-18(19,20)21;/h6-7,10,14H,3-5,8-9,11-13H2,1-2H3,(H,22,24);1H. The molecule has 1 aliphatic carbocycles. The van der Waals surface area contributed by atoms with Gasteiger partial charge < -0.3 is 19.7 Å². The molecule has 28 heavy (non-hydrogen) atoms. The summed E-state index contributed by atoms with van der Waals surface area (Å²) in [7, 11) is 1.94. The zero-order valence-electron chi connectivity index (χ0n) is 16.2. The van der Waals surface area contributed by atoms with Crippen molar-refractivity contribution in [3.8, 4) is 5.88 Å². The third-order valence-corrected chi connectivity index (χ3v) is 3.91. The lowest BCUT2D eigenvalue weighted by Crippen LogP contribution is -2.40. The molecule has 1 aliphatic rings. The topological polar surface area (TPSA) is 59.0 Å². The summed E-state index contributed by atoms with van der Waals surface area (Å²) < 4.78 is 46.7. The van der Waals surface area contributed by atoms with Crippen LogP contribution >= 0.6 is 24.0 Å². The number of rotatable bonds is 10. The molecule has 1 aromatic rings. The maximum atomic E-state index is 12.1. The van der Waals surface area contributed by atoms with Crippen molar-refractivity contribution in [2.45, 2.75) is 32.5 Å². The smallest absolute Gasteiger partial charge is 0.422 e. The highest BCUT2D eigenvalue weighted by atomic mass is 127. The van der Waals surface area contributed by atoms with Crippen LogP contribution in [-0.4, -0.2) is 62.0 Å². The number of halogens is 4. The van der Waals surface area contributed by atoms with Crippen LogP contribution in [0.25, 0.3) is 0 Å². The van der Waals surface area contributed by atoms with Crippen molar-refractivity contribution in [2.24, 2.45) is 10.9 Å². The van der Waals surface area contributed by atoms with Crippen LogP contribution in [-0.2, 0) is 11.3 Å². The maximum Gasteiger partial charge on any atom is 0.422 e. The molecule has 160 valence electrons. The first-order valence-electron chi connectivity index (χ1n) is 9.09. The van der Waals surface area contributed by atoms with Gasteiger partial charge in [-0.2, -0.15) is 13.2 Å². The molecule has 0 unspecified atom stereocenters. The van der Waals surface area contributed by atoms with E-state index in [0.29, 0.717) is 13.2 Å². The van der Waals surface area contributed by atoms with E-state index in [9.17, 15) is 13.2 Å². The highest BCUT2D eigenvalue weighted by Gasteiger charge is 2.28. The normalized spacial score (nSPS) is 14.4. The van der Waals surface area contributed by atoms with E-state index in [-0.39, 0.29) is 29.9 Å². The largest absolute Gasteiger partial charge is 0.468 e. The van der Waals surface area contributed by atoms with Crippen LogP contribution in [0.2, 0.25) is 0 Å². The molecule has 1 N–H and O–H groups in total. The molecule has 2 rings (SSSR count). The molecule has 1 fully saturated rings. The van der Waals surface area contributed by atoms with Crippen molar-refractivity contribution in [1.82, 2.24) is 15.2 Å². The molecule has 6 nitrogen and oxygen atoms in total. The van der Waals surface area contributed by atoms with Crippen molar-refractivity contribution >= 4 is 29.9 Å². The Hall–Kier alpha value is -1.30. The maximum absolute atomic E-state index is 12.1. The minimum atomic E-state index is -4.38. The zero-order chi connectivity index (χ0) is 19.7. The fourth-order valence-electron chi connectivity index (χ4n) is 2.22. The van der Waals surface area contributed by atoms with Crippen LogP contribution in [0.4, 0.5) is 13.2 Å². The summed E-state index contributed by atoms with van der Waals surface area (Å²) in [4.78, 5) is 10.4. The average molecular weight is 516 g/mol. The van der Waals surface area contributed by atoms with Gasteiger partial charge in [0, 0.05) is 39.0 Å². The Balaban J connectivity index is 0.00000392. The quantitative estimate of drug-likeness (QED) is 0.224. The van der Waals surface area contributed by atoms with E-state index in [1.807, 2.05) is 18.9 Å². The molecule has 0 radical (unpaired) electrons. The van der Waals surface area contributed by atoms with Crippen LogP contribution in [0.5, 0.6) is 5.88 Å². The summed E-state index contributed by atoms with van der Waals surface area (Å²) in [6.07, 6.45) is -0.363. The third kappa shape index (κ3) is 10.3. The second kappa shape index (κ2) is 12.3. The summed E-state index contributed by atoms with van der Waals surface area (Å²) in [6.45, 7) is 3.93. The Morgan fingerprint density at radius 3 is 2.68 bits per heavy atom. The van der Waals surface area contributed by atoms with E-state index in [1.165, 1.54) is 25.1 Å². The molecule has 0 amide bonds. The van der Waals surface area contributed by atoms with E-state index in [2.05, 4.69) is 20.0 Å². The Labute approximate surface area is 180 Å². The Bertz CT molecular complexity index is 595. The number of ether oxygens (including phenoxy) is 2. The Morgan fingerprint density at radius 2 is 2.11 bits per heavy atom. The SMILES string of the molecule is CCNC(=NCc1ccc(OCC(F)(F)F)nc1)N(C)CCOCC1CC1.I.